The van der Waals surface area contributed by atoms with Crippen LogP contribution in [0.5, 0.6) is 0 Å². The van der Waals surface area contributed by atoms with Crippen molar-refractivity contribution in [1.82, 2.24) is 20.8 Å². The number of aliphatic hydroxyl groups is 1. The molecule has 0 fully saturated rings. The number of H-pyrrole nitrogens is 1. The Morgan fingerprint density at radius 3 is 3.05 bits per heavy atom. The van der Waals surface area contributed by atoms with Crippen molar-refractivity contribution >= 4 is 5.91 Å². The number of nitrogens with zero attached hydrogens (tertiary/aromatic N) is 1. The second-order valence-corrected chi connectivity index (χ2v) is 5.36. The first-order chi connectivity index (χ1) is 9.08. The summed E-state index contributed by atoms with van der Waals surface area (Å²) >= 11 is 0. The number of nitrogens with one attached hydrogen (secondary N) is 3. The summed E-state index contributed by atoms with van der Waals surface area (Å²) in [7, 11) is 0. The highest BCUT2D eigenvalue weighted by Gasteiger charge is 2.21. The topological polar surface area (TPSA) is 90.0 Å². The minimum Gasteiger partial charge on any atom is -0.393 e. The lowest BCUT2D eigenvalue weighted by atomic mass is 10.0. The van der Waals surface area contributed by atoms with Crippen LogP contribution in [-0.2, 0) is 13.0 Å². The van der Waals surface area contributed by atoms with E-state index in [-0.39, 0.29) is 17.9 Å². The first kappa shape index (κ1) is 14.0. The highest BCUT2D eigenvalue weighted by Crippen LogP contribution is 2.15. The quantitative estimate of drug-likeness (QED) is 0.612. The van der Waals surface area contributed by atoms with Crippen LogP contribution in [-0.4, -0.2) is 40.4 Å². The van der Waals surface area contributed by atoms with E-state index in [1.807, 2.05) is 6.92 Å². The molecule has 1 aliphatic heterocycles. The summed E-state index contributed by atoms with van der Waals surface area (Å²) in [5, 5.41) is 22.5. The van der Waals surface area contributed by atoms with E-state index in [0.29, 0.717) is 25.2 Å². The summed E-state index contributed by atoms with van der Waals surface area (Å²) in [6.07, 6.45) is 1.23. The first-order valence-electron chi connectivity index (χ1n) is 6.81. The first-order valence-corrected chi connectivity index (χ1v) is 6.81. The molecule has 6 heteroatoms. The van der Waals surface area contributed by atoms with Crippen LogP contribution in [0.25, 0.3) is 0 Å². The molecule has 19 heavy (non-hydrogen) atoms. The SMILES string of the molecule is CC(O)CC(C)CNC(=O)c1n[nH]c2c1CNCC2. The fraction of sp³-hybridized carbons (Fsp3) is 0.692. The molecule has 0 aromatic carbocycles. The maximum Gasteiger partial charge on any atom is 0.272 e. The zero-order valence-corrected chi connectivity index (χ0v) is 11.5. The van der Waals surface area contributed by atoms with Crippen molar-refractivity contribution in [3.8, 4) is 0 Å². The van der Waals surface area contributed by atoms with E-state index < -0.39 is 0 Å². The van der Waals surface area contributed by atoms with Gasteiger partial charge in [-0.3, -0.25) is 9.89 Å². The number of aliphatic hydroxyl groups excluding tert-OH is 1. The Morgan fingerprint density at radius 2 is 2.32 bits per heavy atom. The van der Waals surface area contributed by atoms with Crippen LogP contribution < -0.4 is 10.6 Å². The number of carbonyl (C=O) groups is 1. The molecule has 1 aromatic rings. The van der Waals surface area contributed by atoms with Crippen LogP contribution in [0.4, 0.5) is 0 Å². The van der Waals surface area contributed by atoms with E-state index in [1.165, 1.54) is 0 Å². The highest BCUT2D eigenvalue weighted by molar-refractivity contribution is 5.94. The van der Waals surface area contributed by atoms with Crippen molar-refractivity contribution in [2.24, 2.45) is 5.92 Å². The Hall–Kier alpha value is -1.40. The lowest BCUT2D eigenvalue weighted by molar-refractivity contribution is 0.0933. The Morgan fingerprint density at radius 1 is 1.53 bits per heavy atom. The van der Waals surface area contributed by atoms with Gasteiger partial charge in [-0.2, -0.15) is 5.10 Å². The molecule has 2 atom stereocenters. The maximum absolute atomic E-state index is 12.1. The number of amides is 1. The van der Waals surface area contributed by atoms with Gasteiger partial charge in [0, 0.05) is 37.3 Å². The van der Waals surface area contributed by atoms with Crippen LogP contribution in [0.1, 0.15) is 42.0 Å². The molecule has 0 bridgehead atoms. The predicted molar refractivity (Wildman–Crippen MR) is 71.8 cm³/mol. The molecule has 2 rings (SSSR count). The van der Waals surface area contributed by atoms with Crippen molar-refractivity contribution < 1.29 is 9.90 Å². The summed E-state index contributed by atoms with van der Waals surface area (Å²) < 4.78 is 0. The molecule has 106 valence electrons. The molecule has 2 heterocycles. The number of rotatable bonds is 5. The molecule has 1 aromatic heterocycles. The molecule has 4 N–H and O–H groups in total. The van der Waals surface area contributed by atoms with Crippen molar-refractivity contribution in [3.63, 3.8) is 0 Å². The number of hydrogen-bond donors (Lipinski definition) is 4. The average Bonchev–Trinajstić information content (AvgIpc) is 2.79. The van der Waals surface area contributed by atoms with Gasteiger partial charge in [0.1, 0.15) is 0 Å². The largest absolute Gasteiger partial charge is 0.393 e. The molecule has 1 aliphatic rings. The van der Waals surface area contributed by atoms with Gasteiger partial charge >= 0.3 is 0 Å². The van der Waals surface area contributed by atoms with Crippen LogP contribution in [0, 0.1) is 5.92 Å². The molecule has 2 unspecified atom stereocenters. The maximum atomic E-state index is 12.1. The predicted octanol–water partition coefficient (Wildman–Crippen LogP) is 0.192. The zero-order valence-electron chi connectivity index (χ0n) is 11.5. The fourth-order valence-corrected chi connectivity index (χ4v) is 2.43. The standard InChI is InChI=1S/C13H22N4O2/c1-8(5-9(2)18)6-15-13(19)12-10-7-14-4-3-11(10)16-17-12/h8-9,14,18H,3-7H2,1-2H3,(H,15,19)(H,16,17). The van der Waals surface area contributed by atoms with Gasteiger partial charge in [0.25, 0.3) is 5.91 Å². The summed E-state index contributed by atoms with van der Waals surface area (Å²) in [5.74, 6) is 0.107. The van der Waals surface area contributed by atoms with E-state index in [1.54, 1.807) is 6.92 Å². The smallest absolute Gasteiger partial charge is 0.272 e. The molecular weight excluding hydrogens is 244 g/mol. The number of aromatic nitrogens is 2. The Kier molecular flexibility index (Phi) is 4.55. The molecule has 0 saturated heterocycles. The summed E-state index contributed by atoms with van der Waals surface area (Å²) in [5.41, 5.74) is 2.53. The molecule has 0 saturated carbocycles. The van der Waals surface area contributed by atoms with Gasteiger partial charge in [0.15, 0.2) is 5.69 Å². The van der Waals surface area contributed by atoms with Crippen LogP contribution in [0.3, 0.4) is 0 Å². The molecule has 0 radical (unpaired) electrons. The van der Waals surface area contributed by atoms with E-state index in [9.17, 15) is 9.90 Å². The highest BCUT2D eigenvalue weighted by atomic mass is 16.3. The lowest BCUT2D eigenvalue weighted by Gasteiger charge is -2.15. The molecule has 0 spiro atoms. The third kappa shape index (κ3) is 3.54. The van der Waals surface area contributed by atoms with Gasteiger partial charge in [-0.15, -0.1) is 0 Å². The van der Waals surface area contributed by atoms with Gasteiger partial charge in [0.2, 0.25) is 0 Å². The molecular formula is C13H22N4O2. The van der Waals surface area contributed by atoms with Gasteiger partial charge in [-0.1, -0.05) is 6.92 Å². The summed E-state index contributed by atoms with van der Waals surface area (Å²) in [6, 6.07) is 0. The van der Waals surface area contributed by atoms with Crippen molar-refractivity contribution in [3.05, 3.63) is 17.0 Å². The molecule has 0 aliphatic carbocycles. The van der Waals surface area contributed by atoms with Gasteiger partial charge in [0.05, 0.1) is 6.10 Å². The summed E-state index contributed by atoms with van der Waals surface area (Å²) in [4.78, 5) is 12.1. The number of aromatic amines is 1. The van der Waals surface area contributed by atoms with E-state index in [4.69, 9.17) is 0 Å². The normalized spacial score (nSPS) is 17.6. The average molecular weight is 266 g/mol. The minimum absolute atomic E-state index is 0.140. The Balaban J connectivity index is 1.91. The van der Waals surface area contributed by atoms with Gasteiger partial charge < -0.3 is 15.7 Å². The Bertz CT molecular complexity index is 442. The minimum atomic E-state index is -0.339. The molecule has 6 nitrogen and oxygen atoms in total. The van der Waals surface area contributed by atoms with Crippen molar-refractivity contribution in [2.45, 2.75) is 39.3 Å². The Labute approximate surface area is 113 Å². The van der Waals surface area contributed by atoms with Crippen LogP contribution in [0.15, 0.2) is 0 Å². The third-order valence-corrected chi connectivity index (χ3v) is 3.38. The van der Waals surface area contributed by atoms with Gasteiger partial charge in [-0.25, -0.2) is 0 Å². The molecule has 1 amide bonds. The van der Waals surface area contributed by atoms with E-state index >= 15 is 0 Å². The lowest BCUT2D eigenvalue weighted by Crippen LogP contribution is -2.31. The van der Waals surface area contributed by atoms with Crippen LogP contribution >= 0.6 is 0 Å². The van der Waals surface area contributed by atoms with Crippen molar-refractivity contribution in [1.29, 1.82) is 0 Å². The van der Waals surface area contributed by atoms with Crippen molar-refractivity contribution in [2.75, 3.05) is 13.1 Å². The monoisotopic (exact) mass is 266 g/mol. The third-order valence-electron chi connectivity index (χ3n) is 3.38. The van der Waals surface area contributed by atoms with E-state index in [2.05, 4.69) is 20.8 Å². The second kappa shape index (κ2) is 6.16. The van der Waals surface area contributed by atoms with Crippen LogP contribution in [0.2, 0.25) is 0 Å². The fourth-order valence-electron chi connectivity index (χ4n) is 2.43. The summed E-state index contributed by atoms with van der Waals surface area (Å²) in [6.45, 7) is 5.93. The number of hydrogen-bond acceptors (Lipinski definition) is 4. The second-order valence-electron chi connectivity index (χ2n) is 5.36. The van der Waals surface area contributed by atoms with Gasteiger partial charge in [-0.05, 0) is 19.3 Å². The zero-order chi connectivity index (χ0) is 13.8. The number of carbonyl (C=O) groups excluding carboxylic acids is 1. The number of fused-ring (bicyclic) bond motifs is 1. The van der Waals surface area contributed by atoms with E-state index in [0.717, 1.165) is 24.2 Å².